The summed E-state index contributed by atoms with van der Waals surface area (Å²) in [5.41, 5.74) is -0.700. The topological polar surface area (TPSA) is 92.9 Å². The summed E-state index contributed by atoms with van der Waals surface area (Å²) in [6.45, 7) is 1.99. The number of benzene rings is 1. The van der Waals surface area contributed by atoms with Crippen LogP contribution in [0.1, 0.15) is 17.3 Å². The van der Waals surface area contributed by atoms with Crippen LogP contribution in [0.25, 0.3) is 0 Å². The normalized spacial score (nSPS) is 22.1. The number of nitro benzene ring substituents is 1. The molecular weight excluding hydrogens is 283 g/mol. The Hall–Kier alpha value is -2.06. The number of rotatable bonds is 3. The highest BCUT2D eigenvalue weighted by atomic mass is 19.1. The van der Waals surface area contributed by atoms with Crippen molar-refractivity contribution in [3.63, 3.8) is 0 Å². The summed E-state index contributed by atoms with van der Waals surface area (Å²) in [7, 11) is 0. The van der Waals surface area contributed by atoms with Gasteiger partial charge in [-0.1, -0.05) is 0 Å². The summed E-state index contributed by atoms with van der Waals surface area (Å²) >= 11 is 0. The molecule has 0 saturated carbocycles. The molecule has 1 fully saturated rings. The van der Waals surface area contributed by atoms with Gasteiger partial charge in [-0.05, 0) is 19.1 Å². The minimum atomic E-state index is -0.986. The van der Waals surface area contributed by atoms with Crippen molar-refractivity contribution < 1.29 is 24.0 Å². The maximum absolute atomic E-state index is 13.3. The first-order chi connectivity index (χ1) is 9.93. The molecule has 1 aromatic carbocycles. The lowest BCUT2D eigenvalue weighted by Gasteiger charge is -2.37. The van der Waals surface area contributed by atoms with E-state index >= 15 is 0 Å². The number of nitrogens with zero attached hydrogens (tertiary/aromatic N) is 2. The summed E-state index contributed by atoms with van der Waals surface area (Å²) in [6.07, 6.45) is -0.486. The number of halogens is 1. The van der Waals surface area contributed by atoms with Crippen LogP contribution in [0, 0.1) is 15.9 Å². The molecule has 0 aliphatic carbocycles. The molecule has 0 bridgehead atoms. The lowest BCUT2D eigenvalue weighted by atomic mass is 10.1. The molecule has 7 nitrogen and oxygen atoms in total. The fourth-order valence-electron chi connectivity index (χ4n) is 2.16. The predicted molar refractivity (Wildman–Crippen MR) is 70.4 cm³/mol. The zero-order valence-corrected chi connectivity index (χ0v) is 11.4. The number of hydrogen-bond acceptors (Lipinski definition) is 5. The van der Waals surface area contributed by atoms with E-state index in [-0.39, 0.29) is 31.4 Å². The highest BCUT2D eigenvalue weighted by molar-refractivity contribution is 5.95. The fourth-order valence-corrected chi connectivity index (χ4v) is 2.16. The molecule has 0 spiro atoms. The van der Waals surface area contributed by atoms with Gasteiger partial charge in [0.15, 0.2) is 0 Å². The number of carbonyl (C=O) groups is 1. The van der Waals surface area contributed by atoms with Crippen LogP contribution >= 0.6 is 0 Å². The molecule has 0 radical (unpaired) electrons. The number of carbonyl (C=O) groups excluding carboxylic acids is 1. The molecule has 1 aromatic rings. The number of ether oxygens (including phenoxy) is 1. The molecule has 1 aliphatic rings. The second-order valence-electron chi connectivity index (χ2n) is 4.87. The van der Waals surface area contributed by atoms with E-state index in [1.807, 2.05) is 0 Å². The van der Waals surface area contributed by atoms with Crippen molar-refractivity contribution in [1.29, 1.82) is 0 Å². The van der Waals surface area contributed by atoms with Crippen LogP contribution in [0.3, 0.4) is 0 Å². The van der Waals surface area contributed by atoms with E-state index in [0.29, 0.717) is 0 Å². The van der Waals surface area contributed by atoms with E-state index < -0.39 is 28.4 Å². The van der Waals surface area contributed by atoms with Crippen molar-refractivity contribution in [1.82, 2.24) is 4.90 Å². The van der Waals surface area contributed by atoms with Crippen molar-refractivity contribution in [2.75, 3.05) is 19.8 Å². The summed E-state index contributed by atoms with van der Waals surface area (Å²) in [5, 5.41) is 19.8. The van der Waals surface area contributed by atoms with Gasteiger partial charge in [0.05, 0.1) is 30.3 Å². The van der Waals surface area contributed by atoms with E-state index in [0.717, 1.165) is 12.1 Å². The van der Waals surface area contributed by atoms with Gasteiger partial charge < -0.3 is 14.7 Å². The van der Waals surface area contributed by atoms with Crippen LogP contribution in [-0.2, 0) is 4.74 Å². The molecule has 1 heterocycles. The zero-order chi connectivity index (χ0) is 15.6. The smallest absolute Gasteiger partial charge is 0.305 e. The van der Waals surface area contributed by atoms with Crippen LogP contribution in [-0.4, -0.2) is 52.7 Å². The van der Waals surface area contributed by atoms with Crippen LogP contribution in [0.5, 0.6) is 0 Å². The Morgan fingerprint density at radius 2 is 2.33 bits per heavy atom. The second-order valence-corrected chi connectivity index (χ2v) is 4.87. The molecule has 1 saturated heterocycles. The predicted octanol–water partition coefficient (Wildman–Crippen LogP) is 0.956. The first-order valence-electron chi connectivity index (χ1n) is 6.41. The van der Waals surface area contributed by atoms with E-state index in [9.17, 15) is 19.3 Å². The lowest BCUT2D eigenvalue weighted by Crippen LogP contribution is -2.52. The van der Waals surface area contributed by atoms with Gasteiger partial charge in [0, 0.05) is 18.2 Å². The summed E-state index contributed by atoms with van der Waals surface area (Å²) in [5.74, 6) is -1.44. The Morgan fingerprint density at radius 1 is 1.62 bits per heavy atom. The van der Waals surface area contributed by atoms with Crippen LogP contribution in [0.15, 0.2) is 18.2 Å². The molecule has 8 heteroatoms. The Kier molecular flexibility index (Phi) is 4.49. The van der Waals surface area contributed by atoms with Gasteiger partial charge in [0.2, 0.25) is 5.82 Å². The van der Waals surface area contributed by atoms with Gasteiger partial charge in [0.1, 0.15) is 0 Å². The number of morpholine rings is 1. The summed E-state index contributed by atoms with van der Waals surface area (Å²) in [4.78, 5) is 23.7. The highest BCUT2D eigenvalue weighted by Gasteiger charge is 2.31. The summed E-state index contributed by atoms with van der Waals surface area (Å²) < 4.78 is 18.6. The number of hydrogen-bond donors (Lipinski definition) is 1. The molecule has 1 N–H and O–H groups in total. The molecule has 2 atom stereocenters. The van der Waals surface area contributed by atoms with Gasteiger partial charge in [-0.15, -0.1) is 0 Å². The average molecular weight is 298 g/mol. The fraction of sp³-hybridized carbons (Fsp3) is 0.462. The molecule has 114 valence electrons. The second kappa shape index (κ2) is 6.15. The molecule has 1 aliphatic heterocycles. The largest absolute Gasteiger partial charge is 0.394 e. The first-order valence-corrected chi connectivity index (χ1v) is 6.41. The number of aliphatic hydroxyl groups excluding tert-OH is 1. The Bertz CT molecular complexity index is 565. The standard InChI is InChI=1S/C13H15FN2O5/c1-8-7-21-10(6-17)5-15(8)13(18)9-2-3-11(14)12(4-9)16(19)20/h2-4,8,10,17H,5-7H2,1H3. The van der Waals surface area contributed by atoms with Crippen molar-refractivity contribution in [2.45, 2.75) is 19.1 Å². The highest BCUT2D eigenvalue weighted by Crippen LogP contribution is 2.21. The van der Waals surface area contributed by atoms with Gasteiger partial charge in [-0.2, -0.15) is 4.39 Å². The third-order valence-electron chi connectivity index (χ3n) is 3.36. The number of nitro groups is 1. The van der Waals surface area contributed by atoms with Gasteiger partial charge in [-0.3, -0.25) is 14.9 Å². The van der Waals surface area contributed by atoms with Crippen molar-refractivity contribution in [3.05, 3.63) is 39.7 Å². The maximum atomic E-state index is 13.3. The minimum Gasteiger partial charge on any atom is -0.394 e. The van der Waals surface area contributed by atoms with Crippen molar-refractivity contribution >= 4 is 11.6 Å². The Morgan fingerprint density at radius 3 is 2.95 bits per heavy atom. The van der Waals surface area contributed by atoms with Gasteiger partial charge >= 0.3 is 5.69 Å². The van der Waals surface area contributed by atoms with E-state index in [1.165, 1.54) is 11.0 Å². The Balaban J connectivity index is 2.26. The third-order valence-corrected chi connectivity index (χ3v) is 3.36. The van der Waals surface area contributed by atoms with Crippen LogP contribution in [0.2, 0.25) is 0 Å². The van der Waals surface area contributed by atoms with E-state index in [2.05, 4.69) is 0 Å². The third kappa shape index (κ3) is 3.17. The molecule has 0 aromatic heterocycles. The SMILES string of the molecule is CC1COC(CO)CN1C(=O)c1ccc(F)c([N+](=O)[O-])c1. The van der Waals surface area contributed by atoms with Crippen LogP contribution in [0.4, 0.5) is 10.1 Å². The van der Waals surface area contributed by atoms with Gasteiger partial charge in [0.25, 0.3) is 5.91 Å². The maximum Gasteiger partial charge on any atom is 0.305 e. The minimum absolute atomic E-state index is 0.0357. The van der Waals surface area contributed by atoms with Crippen molar-refractivity contribution in [3.8, 4) is 0 Å². The van der Waals surface area contributed by atoms with E-state index in [1.54, 1.807) is 6.92 Å². The lowest BCUT2D eigenvalue weighted by molar-refractivity contribution is -0.387. The van der Waals surface area contributed by atoms with E-state index in [4.69, 9.17) is 9.84 Å². The molecule has 21 heavy (non-hydrogen) atoms. The first kappa shape index (κ1) is 15.3. The Labute approximate surface area is 120 Å². The molecular formula is C13H15FN2O5. The molecule has 1 amide bonds. The monoisotopic (exact) mass is 298 g/mol. The average Bonchev–Trinajstić information content (AvgIpc) is 2.47. The molecule has 2 rings (SSSR count). The molecule has 2 unspecified atom stereocenters. The van der Waals surface area contributed by atoms with Crippen LogP contribution < -0.4 is 0 Å². The zero-order valence-electron chi connectivity index (χ0n) is 11.4. The summed E-state index contributed by atoms with van der Waals surface area (Å²) in [6, 6.07) is 2.80. The van der Waals surface area contributed by atoms with Gasteiger partial charge in [-0.25, -0.2) is 0 Å². The number of aliphatic hydroxyl groups is 1. The van der Waals surface area contributed by atoms with Crippen molar-refractivity contribution in [2.24, 2.45) is 0 Å². The number of amides is 1. The quantitative estimate of drug-likeness (QED) is 0.662.